The molecule has 0 radical (unpaired) electrons. The largest absolute Gasteiger partial charge is 0.444 e. The number of hydrogen-bond acceptors (Lipinski definition) is 5. The third kappa shape index (κ3) is 4.14. The first-order valence-electron chi connectivity index (χ1n) is 9.66. The van der Waals surface area contributed by atoms with Crippen LogP contribution in [0.25, 0.3) is 17.1 Å². The Labute approximate surface area is 181 Å². The van der Waals surface area contributed by atoms with Crippen molar-refractivity contribution in [3.63, 3.8) is 0 Å². The second-order valence-corrected chi connectivity index (χ2v) is 7.06. The summed E-state index contributed by atoms with van der Waals surface area (Å²) in [7, 11) is 0. The fourth-order valence-electron chi connectivity index (χ4n) is 3.39. The van der Waals surface area contributed by atoms with Gasteiger partial charge in [-0.05, 0) is 38.1 Å². The van der Waals surface area contributed by atoms with Gasteiger partial charge in [0.1, 0.15) is 6.26 Å². The summed E-state index contributed by atoms with van der Waals surface area (Å²) in [5.41, 5.74) is 0.913. The minimum Gasteiger partial charge on any atom is -0.444 e. The first-order valence-corrected chi connectivity index (χ1v) is 9.66. The number of benzene rings is 2. The zero-order valence-electron chi connectivity index (χ0n) is 17.1. The van der Waals surface area contributed by atoms with Crippen molar-refractivity contribution in [3.05, 3.63) is 89.6 Å². The van der Waals surface area contributed by atoms with Gasteiger partial charge in [-0.2, -0.15) is 18.3 Å². The van der Waals surface area contributed by atoms with Crippen LogP contribution in [-0.4, -0.2) is 26.9 Å². The van der Waals surface area contributed by atoms with Crippen LogP contribution in [0.2, 0.25) is 0 Å². The van der Waals surface area contributed by atoms with Crippen LogP contribution in [0.15, 0.2) is 71.3 Å². The van der Waals surface area contributed by atoms with Crippen LogP contribution in [0.4, 0.5) is 13.2 Å². The SMILES string of the molecule is Cc1nn(-c2ccccc2)c(C)c1C(OC(=O)c1coc(-c2ccccc2)n1)C(F)(F)F. The van der Waals surface area contributed by atoms with Crippen LogP contribution >= 0.6 is 0 Å². The standard InChI is InChI=1S/C23H18F3N3O3/c1-14-19(15(2)29(28-14)17-11-7-4-8-12-17)20(23(24,25)26)32-22(30)18-13-31-21(27-18)16-9-5-3-6-10-16/h3-13,20H,1-2H3. The molecular weight excluding hydrogens is 423 g/mol. The van der Waals surface area contributed by atoms with Crippen molar-refractivity contribution in [3.8, 4) is 17.1 Å². The molecule has 164 valence electrons. The predicted octanol–water partition coefficient (Wildman–Crippen LogP) is 5.60. The van der Waals surface area contributed by atoms with Gasteiger partial charge in [0, 0.05) is 16.8 Å². The van der Waals surface area contributed by atoms with Crippen LogP contribution in [0.3, 0.4) is 0 Å². The highest BCUT2D eigenvalue weighted by Gasteiger charge is 2.47. The van der Waals surface area contributed by atoms with Gasteiger partial charge in [0.2, 0.25) is 12.0 Å². The number of alkyl halides is 3. The number of esters is 1. The summed E-state index contributed by atoms with van der Waals surface area (Å²) in [6, 6.07) is 17.4. The van der Waals surface area contributed by atoms with E-state index in [1.807, 2.05) is 0 Å². The summed E-state index contributed by atoms with van der Waals surface area (Å²) >= 11 is 0. The molecule has 0 spiro atoms. The molecule has 1 unspecified atom stereocenters. The number of rotatable bonds is 5. The van der Waals surface area contributed by atoms with E-state index in [-0.39, 0.29) is 28.5 Å². The minimum absolute atomic E-state index is 0.102. The lowest BCUT2D eigenvalue weighted by molar-refractivity contribution is -0.207. The van der Waals surface area contributed by atoms with Crippen LogP contribution in [0.1, 0.15) is 33.5 Å². The van der Waals surface area contributed by atoms with Crippen molar-refractivity contribution >= 4 is 5.97 Å². The summed E-state index contributed by atoms with van der Waals surface area (Å²) < 4.78 is 53.4. The lowest BCUT2D eigenvalue weighted by atomic mass is 10.1. The van der Waals surface area contributed by atoms with E-state index >= 15 is 0 Å². The number of oxazole rings is 1. The number of aromatic nitrogens is 3. The van der Waals surface area contributed by atoms with Crippen molar-refractivity contribution in [1.29, 1.82) is 0 Å². The molecule has 4 rings (SSSR count). The number of halogens is 3. The molecule has 0 bridgehead atoms. The number of nitrogens with zero attached hydrogens (tertiary/aromatic N) is 3. The molecule has 9 heteroatoms. The van der Waals surface area contributed by atoms with Gasteiger partial charge in [-0.15, -0.1) is 0 Å². The van der Waals surface area contributed by atoms with Gasteiger partial charge in [0.15, 0.2) is 5.69 Å². The Hall–Kier alpha value is -3.88. The van der Waals surface area contributed by atoms with E-state index in [1.54, 1.807) is 60.7 Å². The highest BCUT2D eigenvalue weighted by atomic mass is 19.4. The van der Waals surface area contributed by atoms with Crippen molar-refractivity contribution < 1.29 is 27.1 Å². The number of carbonyl (C=O) groups is 1. The average molecular weight is 441 g/mol. The summed E-state index contributed by atoms with van der Waals surface area (Å²) in [5.74, 6) is -1.14. The highest BCUT2D eigenvalue weighted by molar-refractivity contribution is 5.87. The normalized spacial score (nSPS) is 12.5. The molecule has 0 aliphatic carbocycles. The summed E-state index contributed by atoms with van der Waals surface area (Å²) in [5, 5.41) is 4.23. The Bertz CT molecular complexity index is 1230. The number of para-hydroxylation sites is 1. The molecule has 0 amide bonds. The maximum Gasteiger partial charge on any atom is 0.430 e. The van der Waals surface area contributed by atoms with Crippen LogP contribution < -0.4 is 0 Å². The molecule has 2 aromatic carbocycles. The molecule has 2 aromatic heterocycles. The van der Waals surface area contributed by atoms with E-state index in [1.165, 1.54) is 18.5 Å². The van der Waals surface area contributed by atoms with Gasteiger partial charge in [0.05, 0.1) is 11.4 Å². The summed E-state index contributed by atoms with van der Waals surface area (Å²) in [4.78, 5) is 16.5. The lowest BCUT2D eigenvalue weighted by Crippen LogP contribution is -2.27. The average Bonchev–Trinajstić information content (AvgIpc) is 3.38. The van der Waals surface area contributed by atoms with Crippen LogP contribution in [0, 0.1) is 13.8 Å². The van der Waals surface area contributed by atoms with Gasteiger partial charge in [-0.3, -0.25) is 0 Å². The fraction of sp³-hybridized carbons (Fsp3) is 0.174. The molecule has 0 saturated carbocycles. The maximum atomic E-state index is 14.0. The smallest absolute Gasteiger partial charge is 0.430 e. The molecule has 0 aliphatic rings. The van der Waals surface area contributed by atoms with Crippen molar-refractivity contribution in [2.75, 3.05) is 0 Å². The molecule has 4 aromatic rings. The summed E-state index contributed by atoms with van der Waals surface area (Å²) in [6.07, 6.45) is -6.39. The first-order chi connectivity index (χ1) is 15.3. The van der Waals surface area contributed by atoms with Gasteiger partial charge in [-0.25, -0.2) is 14.5 Å². The number of hydrogen-bond donors (Lipinski definition) is 0. The second kappa shape index (κ2) is 8.33. The van der Waals surface area contributed by atoms with Crippen molar-refractivity contribution in [2.45, 2.75) is 26.1 Å². The van der Waals surface area contributed by atoms with E-state index in [0.717, 1.165) is 6.26 Å². The van der Waals surface area contributed by atoms with E-state index < -0.39 is 18.2 Å². The van der Waals surface area contributed by atoms with Crippen molar-refractivity contribution in [2.24, 2.45) is 0 Å². The Morgan fingerprint density at radius 1 is 1.03 bits per heavy atom. The monoisotopic (exact) mass is 441 g/mol. The van der Waals surface area contributed by atoms with Crippen LogP contribution in [0.5, 0.6) is 0 Å². The Kier molecular flexibility index (Phi) is 5.56. The Morgan fingerprint density at radius 3 is 2.28 bits per heavy atom. The summed E-state index contributed by atoms with van der Waals surface area (Å²) in [6.45, 7) is 2.94. The Morgan fingerprint density at radius 2 is 1.66 bits per heavy atom. The Balaban J connectivity index is 1.66. The van der Waals surface area contributed by atoms with Gasteiger partial charge in [0.25, 0.3) is 0 Å². The van der Waals surface area contributed by atoms with Crippen molar-refractivity contribution in [1.82, 2.24) is 14.8 Å². The van der Waals surface area contributed by atoms with E-state index in [0.29, 0.717) is 11.3 Å². The third-order valence-corrected chi connectivity index (χ3v) is 4.87. The number of ether oxygens (including phenoxy) is 1. The zero-order valence-corrected chi connectivity index (χ0v) is 17.1. The molecule has 32 heavy (non-hydrogen) atoms. The predicted molar refractivity (Wildman–Crippen MR) is 109 cm³/mol. The third-order valence-electron chi connectivity index (χ3n) is 4.87. The topological polar surface area (TPSA) is 70.2 Å². The van der Waals surface area contributed by atoms with Gasteiger partial charge < -0.3 is 9.15 Å². The number of aryl methyl sites for hydroxylation is 1. The van der Waals surface area contributed by atoms with Gasteiger partial charge in [-0.1, -0.05) is 36.4 Å². The second-order valence-electron chi connectivity index (χ2n) is 7.06. The lowest BCUT2D eigenvalue weighted by Gasteiger charge is -2.21. The first kappa shape index (κ1) is 21.4. The maximum absolute atomic E-state index is 14.0. The van der Waals surface area contributed by atoms with E-state index in [2.05, 4.69) is 10.1 Å². The molecule has 0 aliphatic heterocycles. The number of carbonyl (C=O) groups excluding carboxylic acids is 1. The van der Waals surface area contributed by atoms with Gasteiger partial charge >= 0.3 is 12.1 Å². The molecular formula is C23H18F3N3O3. The molecule has 0 fully saturated rings. The van der Waals surface area contributed by atoms with E-state index in [9.17, 15) is 18.0 Å². The molecule has 0 saturated heterocycles. The molecule has 6 nitrogen and oxygen atoms in total. The van der Waals surface area contributed by atoms with Crippen LogP contribution in [-0.2, 0) is 4.74 Å². The zero-order chi connectivity index (χ0) is 22.9. The van der Waals surface area contributed by atoms with E-state index in [4.69, 9.17) is 9.15 Å². The molecule has 0 N–H and O–H groups in total. The minimum atomic E-state index is -4.86. The quantitative estimate of drug-likeness (QED) is 0.377. The fourth-order valence-corrected chi connectivity index (χ4v) is 3.39. The highest BCUT2D eigenvalue weighted by Crippen LogP contribution is 2.40. The molecule has 2 heterocycles. The molecule has 1 atom stereocenters.